The molecular formula is C29H26ClN3O. The molecule has 3 aromatic carbocycles. The smallest absolute Gasteiger partial charge is 0.318 e. The Morgan fingerprint density at radius 3 is 2.56 bits per heavy atom. The number of carbonyl (C=O) groups excluding carboxylic acids is 1. The molecule has 6 rings (SSSR count). The van der Waals surface area contributed by atoms with E-state index in [-0.39, 0.29) is 12.1 Å². The first-order valence-electron chi connectivity index (χ1n) is 11.9. The predicted octanol–water partition coefficient (Wildman–Crippen LogP) is 7.15. The lowest BCUT2D eigenvalue weighted by Crippen LogP contribution is -2.38. The van der Waals surface area contributed by atoms with Gasteiger partial charge < -0.3 is 14.8 Å². The third kappa shape index (κ3) is 3.59. The second-order valence-electron chi connectivity index (χ2n) is 9.06. The number of hydrogen-bond donors (Lipinski definition) is 1. The number of amides is 2. The van der Waals surface area contributed by atoms with Gasteiger partial charge in [0, 0.05) is 16.9 Å². The summed E-state index contributed by atoms with van der Waals surface area (Å²) in [5.41, 5.74) is 7.67. The van der Waals surface area contributed by atoms with Crippen LogP contribution in [0.5, 0.6) is 0 Å². The number of benzene rings is 3. The maximum atomic E-state index is 14.0. The normalized spacial score (nSPS) is 16.7. The molecule has 0 saturated heterocycles. The van der Waals surface area contributed by atoms with Crippen LogP contribution in [0.1, 0.15) is 46.8 Å². The van der Waals surface area contributed by atoms with Crippen LogP contribution in [0, 0.1) is 0 Å². The molecule has 2 aliphatic rings. The Bertz CT molecular complexity index is 1380. The number of aryl methyl sites for hydroxylation is 1. The Labute approximate surface area is 204 Å². The van der Waals surface area contributed by atoms with Crippen LogP contribution in [0.2, 0.25) is 5.02 Å². The van der Waals surface area contributed by atoms with Crippen molar-refractivity contribution in [1.82, 2.24) is 9.47 Å². The zero-order valence-corrected chi connectivity index (χ0v) is 19.6. The van der Waals surface area contributed by atoms with E-state index in [0.29, 0.717) is 11.6 Å². The molecule has 1 unspecified atom stereocenters. The fraction of sp³-hybridized carbons (Fsp3) is 0.207. The summed E-state index contributed by atoms with van der Waals surface area (Å²) in [6.07, 6.45) is 6.51. The number of halogens is 1. The molecule has 1 atom stereocenters. The summed E-state index contributed by atoms with van der Waals surface area (Å²) in [6, 6.07) is 26.0. The molecule has 4 aromatic rings. The molecule has 1 aliphatic carbocycles. The van der Waals surface area contributed by atoms with Crippen LogP contribution in [0.15, 0.2) is 85.1 Å². The highest BCUT2D eigenvalue weighted by Gasteiger charge is 2.34. The van der Waals surface area contributed by atoms with Gasteiger partial charge in [-0.2, -0.15) is 0 Å². The Morgan fingerprint density at radius 1 is 0.853 bits per heavy atom. The first-order chi connectivity index (χ1) is 16.7. The van der Waals surface area contributed by atoms with Crippen LogP contribution in [0.25, 0.3) is 5.69 Å². The molecule has 4 nitrogen and oxygen atoms in total. The van der Waals surface area contributed by atoms with Crippen molar-refractivity contribution >= 4 is 23.3 Å². The number of urea groups is 1. The number of nitrogens with zero attached hydrogens (tertiary/aromatic N) is 2. The number of rotatable bonds is 2. The van der Waals surface area contributed by atoms with Crippen LogP contribution in [-0.2, 0) is 19.4 Å². The summed E-state index contributed by atoms with van der Waals surface area (Å²) in [7, 11) is 0. The van der Waals surface area contributed by atoms with Crippen molar-refractivity contribution in [2.75, 3.05) is 5.32 Å². The quantitative estimate of drug-likeness (QED) is 0.334. The highest BCUT2D eigenvalue weighted by molar-refractivity contribution is 6.31. The van der Waals surface area contributed by atoms with E-state index in [4.69, 9.17) is 11.6 Å². The van der Waals surface area contributed by atoms with Gasteiger partial charge in [-0.05, 0) is 78.3 Å². The minimum Gasteiger partial charge on any atom is -0.318 e. The van der Waals surface area contributed by atoms with Gasteiger partial charge in [-0.15, -0.1) is 0 Å². The van der Waals surface area contributed by atoms with E-state index in [0.717, 1.165) is 47.5 Å². The van der Waals surface area contributed by atoms with E-state index in [1.165, 1.54) is 17.5 Å². The van der Waals surface area contributed by atoms with Crippen LogP contribution in [0.4, 0.5) is 10.5 Å². The van der Waals surface area contributed by atoms with E-state index in [2.05, 4.69) is 40.3 Å². The van der Waals surface area contributed by atoms with Crippen molar-refractivity contribution in [3.63, 3.8) is 0 Å². The fourth-order valence-electron chi connectivity index (χ4n) is 5.45. The van der Waals surface area contributed by atoms with Crippen LogP contribution >= 0.6 is 11.6 Å². The summed E-state index contributed by atoms with van der Waals surface area (Å²) in [6.45, 7) is 0.481. The topological polar surface area (TPSA) is 37.3 Å². The maximum absolute atomic E-state index is 14.0. The molecule has 0 fully saturated rings. The van der Waals surface area contributed by atoms with Gasteiger partial charge in [0.25, 0.3) is 0 Å². The van der Waals surface area contributed by atoms with Gasteiger partial charge in [0.1, 0.15) is 6.04 Å². The zero-order valence-electron chi connectivity index (χ0n) is 18.9. The molecule has 0 spiro atoms. The Kier molecular flexibility index (Phi) is 5.39. The highest BCUT2D eigenvalue weighted by atomic mass is 35.5. The predicted molar refractivity (Wildman–Crippen MR) is 137 cm³/mol. The van der Waals surface area contributed by atoms with E-state index < -0.39 is 0 Å². The van der Waals surface area contributed by atoms with Gasteiger partial charge in [0.15, 0.2) is 0 Å². The van der Waals surface area contributed by atoms with Gasteiger partial charge >= 0.3 is 6.03 Å². The molecule has 1 N–H and O–H groups in total. The molecule has 2 heterocycles. The molecule has 0 radical (unpaired) electrons. The average Bonchev–Trinajstić information content (AvgIpc) is 3.29. The first kappa shape index (κ1) is 21.1. The monoisotopic (exact) mass is 467 g/mol. The molecule has 1 aliphatic heterocycles. The van der Waals surface area contributed by atoms with Crippen LogP contribution in [0.3, 0.4) is 0 Å². The lowest BCUT2D eigenvalue weighted by molar-refractivity contribution is 0.194. The maximum Gasteiger partial charge on any atom is 0.322 e. The lowest BCUT2D eigenvalue weighted by Gasteiger charge is -2.32. The van der Waals surface area contributed by atoms with E-state index in [9.17, 15) is 4.79 Å². The van der Waals surface area contributed by atoms with Gasteiger partial charge in [-0.25, -0.2) is 4.79 Å². The SMILES string of the molecule is O=C(Nc1cccc2c1CCCC2)N1Cc2ccccc2-n2cccc2C1c1ccccc1Cl. The summed E-state index contributed by atoms with van der Waals surface area (Å²) >= 11 is 6.71. The number of para-hydroxylation sites is 1. The molecule has 0 saturated carbocycles. The molecule has 1 aromatic heterocycles. The fourth-order valence-corrected chi connectivity index (χ4v) is 5.69. The minimum atomic E-state index is -0.323. The van der Waals surface area contributed by atoms with Gasteiger partial charge in [-0.1, -0.05) is 60.1 Å². The van der Waals surface area contributed by atoms with Crippen molar-refractivity contribution in [3.8, 4) is 5.69 Å². The molecule has 170 valence electrons. The number of carbonyl (C=O) groups is 1. The Balaban J connectivity index is 1.47. The van der Waals surface area contributed by atoms with Crippen molar-refractivity contribution in [3.05, 3.63) is 118 Å². The number of anilines is 1. The summed E-state index contributed by atoms with van der Waals surface area (Å²) in [5.74, 6) is 0. The lowest BCUT2D eigenvalue weighted by atomic mass is 9.90. The molecular weight excluding hydrogens is 442 g/mol. The number of fused-ring (bicyclic) bond motifs is 4. The molecule has 0 bridgehead atoms. The standard InChI is InChI=1S/C29H26ClN3O/c30-24-14-5-4-13-23(24)28-27-17-8-18-32(27)26-16-6-2-10-21(26)19-33(28)29(34)31-25-15-7-11-20-9-1-3-12-22(20)25/h2,4-8,10-11,13-18,28H,1,3,9,12,19H2,(H,31,34). The average molecular weight is 468 g/mol. The molecule has 2 amide bonds. The zero-order chi connectivity index (χ0) is 23.1. The van der Waals surface area contributed by atoms with E-state index in [1.54, 1.807) is 0 Å². The van der Waals surface area contributed by atoms with Crippen molar-refractivity contribution in [1.29, 1.82) is 0 Å². The third-order valence-electron chi connectivity index (χ3n) is 7.06. The van der Waals surface area contributed by atoms with Crippen molar-refractivity contribution in [2.24, 2.45) is 0 Å². The molecule has 34 heavy (non-hydrogen) atoms. The first-order valence-corrected chi connectivity index (χ1v) is 12.3. The van der Waals surface area contributed by atoms with Crippen LogP contribution in [-0.4, -0.2) is 15.5 Å². The summed E-state index contributed by atoms with van der Waals surface area (Å²) in [5, 5.41) is 3.93. The number of nitrogens with one attached hydrogen (secondary N) is 1. The summed E-state index contributed by atoms with van der Waals surface area (Å²) < 4.78 is 2.18. The third-order valence-corrected chi connectivity index (χ3v) is 7.41. The number of aromatic nitrogens is 1. The van der Waals surface area contributed by atoms with E-state index in [1.807, 2.05) is 59.5 Å². The highest BCUT2D eigenvalue weighted by Crippen LogP contribution is 2.39. The van der Waals surface area contributed by atoms with Gasteiger partial charge in [0.05, 0.1) is 17.9 Å². The molecule has 5 heteroatoms. The van der Waals surface area contributed by atoms with Crippen LogP contribution < -0.4 is 5.32 Å². The second kappa shape index (κ2) is 8.69. The largest absolute Gasteiger partial charge is 0.322 e. The van der Waals surface area contributed by atoms with E-state index >= 15 is 0 Å². The minimum absolute atomic E-state index is 0.117. The van der Waals surface area contributed by atoms with Gasteiger partial charge in [0.2, 0.25) is 0 Å². The van der Waals surface area contributed by atoms with Crippen molar-refractivity contribution < 1.29 is 4.79 Å². The Morgan fingerprint density at radius 2 is 1.65 bits per heavy atom. The van der Waals surface area contributed by atoms with Gasteiger partial charge in [-0.3, -0.25) is 0 Å². The summed E-state index contributed by atoms with van der Waals surface area (Å²) in [4.78, 5) is 15.9. The van der Waals surface area contributed by atoms with Crippen molar-refractivity contribution in [2.45, 2.75) is 38.3 Å². The Hall–Kier alpha value is -3.50. The number of hydrogen-bond acceptors (Lipinski definition) is 1. The second-order valence-corrected chi connectivity index (χ2v) is 9.47.